The molecule has 1 amide bonds. The third kappa shape index (κ3) is 4.74. The van der Waals surface area contributed by atoms with E-state index in [0.717, 1.165) is 42.8 Å². The Hall–Kier alpha value is -3.27. The molecule has 0 atom stereocenters. The second-order valence-electron chi connectivity index (χ2n) is 9.84. The Morgan fingerprint density at radius 3 is 2.67 bits per heavy atom. The van der Waals surface area contributed by atoms with Crippen molar-refractivity contribution in [3.63, 3.8) is 0 Å². The minimum absolute atomic E-state index is 0.0239. The monoisotopic (exact) mass is 497 g/mol. The number of amidine groups is 1. The molecular weight excluding hydrogens is 464 g/mol. The van der Waals surface area contributed by atoms with Gasteiger partial charge in [0.2, 0.25) is 5.91 Å². The summed E-state index contributed by atoms with van der Waals surface area (Å²) in [6, 6.07) is 3.69. The number of alkyl halides is 2. The van der Waals surface area contributed by atoms with Gasteiger partial charge in [-0.2, -0.15) is 5.10 Å². The van der Waals surface area contributed by atoms with Crippen LogP contribution in [0, 0.1) is 5.41 Å². The van der Waals surface area contributed by atoms with Gasteiger partial charge in [-0.1, -0.05) is 0 Å². The zero-order valence-corrected chi connectivity index (χ0v) is 20.8. The van der Waals surface area contributed by atoms with E-state index < -0.39 is 6.43 Å². The molecule has 4 heterocycles. The molecule has 3 aliphatic rings. The Bertz CT molecular complexity index is 1200. The van der Waals surface area contributed by atoms with Crippen molar-refractivity contribution < 1.29 is 13.6 Å². The number of nitrogens with one attached hydrogen (secondary N) is 3. The van der Waals surface area contributed by atoms with E-state index in [1.54, 1.807) is 35.9 Å². The van der Waals surface area contributed by atoms with E-state index in [-0.39, 0.29) is 17.3 Å². The molecule has 1 fully saturated rings. The Morgan fingerprint density at radius 1 is 1.22 bits per heavy atom. The summed E-state index contributed by atoms with van der Waals surface area (Å²) in [7, 11) is 1.76. The number of benzene rings is 1. The van der Waals surface area contributed by atoms with Crippen LogP contribution in [0.25, 0.3) is 11.1 Å². The van der Waals surface area contributed by atoms with Crippen LogP contribution in [-0.4, -0.2) is 65.2 Å². The zero-order chi connectivity index (χ0) is 25.4. The molecule has 3 aliphatic heterocycles. The maximum absolute atomic E-state index is 14.2. The van der Waals surface area contributed by atoms with E-state index in [4.69, 9.17) is 5.41 Å². The fourth-order valence-electron chi connectivity index (χ4n) is 5.46. The van der Waals surface area contributed by atoms with E-state index >= 15 is 0 Å². The SMILES string of the molecule is CC(=O)N1CCC(NC2CCNCC2)=C(C(=N)N2CCc3cc(-c4cnn(C)c4)c(C(F)F)cc32)C1. The summed E-state index contributed by atoms with van der Waals surface area (Å²) in [5.41, 5.74) is 4.45. The van der Waals surface area contributed by atoms with Crippen LogP contribution in [0.1, 0.15) is 43.7 Å². The predicted molar refractivity (Wildman–Crippen MR) is 135 cm³/mol. The first-order chi connectivity index (χ1) is 17.3. The number of nitrogens with zero attached hydrogens (tertiary/aromatic N) is 4. The second-order valence-corrected chi connectivity index (χ2v) is 9.84. The Balaban J connectivity index is 1.49. The number of hydrogen-bond acceptors (Lipinski definition) is 5. The highest BCUT2D eigenvalue weighted by atomic mass is 19.3. The van der Waals surface area contributed by atoms with Crippen LogP contribution in [0.5, 0.6) is 0 Å². The molecule has 1 aromatic carbocycles. The van der Waals surface area contributed by atoms with Gasteiger partial charge in [0.15, 0.2) is 0 Å². The number of rotatable bonds is 5. The van der Waals surface area contributed by atoms with Gasteiger partial charge in [-0.25, -0.2) is 8.78 Å². The summed E-state index contributed by atoms with van der Waals surface area (Å²) in [6.45, 7) is 4.95. The minimum Gasteiger partial charge on any atom is -0.385 e. The number of carbonyl (C=O) groups excluding carboxylic acids is 1. The number of aryl methyl sites for hydroxylation is 1. The van der Waals surface area contributed by atoms with E-state index in [0.29, 0.717) is 55.3 Å². The average Bonchev–Trinajstić information content (AvgIpc) is 3.49. The molecule has 0 spiro atoms. The average molecular weight is 498 g/mol. The third-order valence-electron chi connectivity index (χ3n) is 7.46. The number of amides is 1. The lowest BCUT2D eigenvalue weighted by molar-refractivity contribution is -0.128. The molecule has 2 aromatic rings. The molecule has 0 saturated carbocycles. The van der Waals surface area contributed by atoms with E-state index in [2.05, 4.69) is 15.7 Å². The van der Waals surface area contributed by atoms with E-state index in [1.807, 2.05) is 11.0 Å². The fourth-order valence-corrected chi connectivity index (χ4v) is 5.46. The summed E-state index contributed by atoms with van der Waals surface area (Å²) in [4.78, 5) is 15.8. The van der Waals surface area contributed by atoms with E-state index in [1.165, 1.54) is 6.07 Å². The van der Waals surface area contributed by atoms with Gasteiger partial charge in [0.25, 0.3) is 6.43 Å². The Morgan fingerprint density at radius 2 is 2.00 bits per heavy atom. The molecule has 3 N–H and O–H groups in total. The maximum atomic E-state index is 14.2. The number of piperidine rings is 1. The van der Waals surface area contributed by atoms with Crippen molar-refractivity contribution in [3.05, 3.63) is 46.9 Å². The van der Waals surface area contributed by atoms with Gasteiger partial charge in [-0.05, 0) is 55.6 Å². The number of aromatic nitrogens is 2. The number of carbonyl (C=O) groups is 1. The first kappa shape index (κ1) is 24.4. The molecule has 0 unspecified atom stereocenters. The summed E-state index contributed by atoms with van der Waals surface area (Å²) in [6.07, 6.45) is 4.01. The van der Waals surface area contributed by atoms with Crippen LogP contribution < -0.4 is 15.5 Å². The van der Waals surface area contributed by atoms with Crippen molar-refractivity contribution in [2.75, 3.05) is 37.6 Å². The molecule has 0 bridgehead atoms. The minimum atomic E-state index is -2.65. The first-order valence-electron chi connectivity index (χ1n) is 12.6. The first-order valence-corrected chi connectivity index (χ1v) is 12.6. The number of anilines is 1. The largest absolute Gasteiger partial charge is 0.385 e. The molecule has 8 nitrogen and oxygen atoms in total. The predicted octanol–water partition coefficient (Wildman–Crippen LogP) is 3.21. The quantitative estimate of drug-likeness (QED) is 0.436. The summed E-state index contributed by atoms with van der Waals surface area (Å²) >= 11 is 0. The normalized spacial score (nSPS) is 18.7. The lowest BCUT2D eigenvalue weighted by Gasteiger charge is -2.35. The number of hydrogen-bond donors (Lipinski definition) is 3. The summed E-state index contributed by atoms with van der Waals surface area (Å²) in [5, 5.41) is 20.3. The van der Waals surface area contributed by atoms with Crippen LogP contribution >= 0.6 is 0 Å². The van der Waals surface area contributed by atoms with Gasteiger partial charge in [0.05, 0.1) is 12.7 Å². The highest BCUT2D eigenvalue weighted by molar-refractivity contribution is 6.10. The van der Waals surface area contributed by atoms with Crippen molar-refractivity contribution in [1.29, 1.82) is 5.41 Å². The highest BCUT2D eigenvalue weighted by Gasteiger charge is 2.32. The third-order valence-corrected chi connectivity index (χ3v) is 7.46. The lowest BCUT2D eigenvalue weighted by atomic mass is 9.97. The van der Waals surface area contributed by atoms with Gasteiger partial charge in [0, 0.05) is 73.8 Å². The van der Waals surface area contributed by atoms with Gasteiger partial charge >= 0.3 is 0 Å². The molecule has 36 heavy (non-hydrogen) atoms. The molecule has 0 aliphatic carbocycles. The lowest BCUT2D eigenvalue weighted by Crippen LogP contribution is -2.46. The number of halogens is 2. The van der Waals surface area contributed by atoms with Crippen LogP contribution in [0.4, 0.5) is 14.5 Å². The highest BCUT2D eigenvalue weighted by Crippen LogP contribution is 2.40. The van der Waals surface area contributed by atoms with Crippen LogP contribution in [0.2, 0.25) is 0 Å². The van der Waals surface area contributed by atoms with Gasteiger partial charge in [-0.3, -0.25) is 14.9 Å². The number of fused-ring (bicyclic) bond motifs is 1. The molecular formula is C26H33F2N7O. The van der Waals surface area contributed by atoms with Gasteiger partial charge in [-0.15, -0.1) is 0 Å². The fraction of sp³-hybridized carbons (Fsp3) is 0.500. The molecule has 192 valence electrons. The molecule has 5 rings (SSSR count). The van der Waals surface area contributed by atoms with Gasteiger partial charge < -0.3 is 20.4 Å². The standard InChI is InChI=1S/C26H33F2N7O/c1-16(36)34-9-6-23(32-19-3-7-30-8-4-19)22(15-34)26(29)35-10-5-17-11-20(18-13-31-33(2)14-18)21(25(27)28)12-24(17)35/h11-14,19,25,29-30,32H,3-10,15H2,1-2H3. The van der Waals surface area contributed by atoms with Gasteiger partial charge in [0.1, 0.15) is 5.84 Å². The van der Waals surface area contributed by atoms with Crippen molar-refractivity contribution in [2.24, 2.45) is 7.05 Å². The molecule has 1 aromatic heterocycles. The smallest absolute Gasteiger partial charge is 0.264 e. The van der Waals surface area contributed by atoms with Crippen molar-refractivity contribution in [1.82, 2.24) is 25.3 Å². The molecule has 10 heteroatoms. The van der Waals surface area contributed by atoms with Crippen LogP contribution in [0.3, 0.4) is 0 Å². The van der Waals surface area contributed by atoms with Crippen LogP contribution in [-0.2, 0) is 18.3 Å². The van der Waals surface area contributed by atoms with Crippen molar-refractivity contribution in [3.8, 4) is 11.1 Å². The second kappa shape index (κ2) is 10.0. The summed E-state index contributed by atoms with van der Waals surface area (Å²) < 4.78 is 29.9. The van der Waals surface area contributed by atoms with E-state index in [9.17, 15) is 13.6 Å². The van der Waals surface area contributed by atoms with Crippen LogP contribution in [0.15, 0.2) is 35.8 Å². The molecule has 1 saturated heterocycles. The maximum Gasteiger partial charge on any atom is 0.264 e. The Kier molecular flexibility index (Phi) is 6.79. The summed E-state index contributed by atoms with van der Waals surface area (Å²) in [5.74, 6) is 0.259. The zero-order valence-electron chi connectivity index (χ0n) is 20.8. The Labute approximate surface area is 209 Å². The topological polar surface area (TPSA) is 89.3 Å². The van der Waals surface area contributed by atoms with Crippen molar-refractivity contribution in [2.45, 2.75) is 45.1 Å². The van der Waals surface area contributed by atoms with Crippen molar-refractivity contribution >= 4 is 17.4 Å². The molecule has 0 radical (unpaired) electrons.